The summed E-state index contributed by atoms with van der Waals surface area (Å²) >= 11 is 0. The summed E-state index contributed by atoms with van der Waals surface area (Å²) in [6.07, 6.45) is 1.74. The number of rotatable bonds is 3. The molecule has 1 amide bonds. The fourth-order valence-corrected chi connectivity index (χ4v) is 2.99. The van der Waals surface area contributed by atoms with E-state index in [0.717, 1.165) is 24.2 Å². The zero-order valence-electron chi connectivity index (χ0n) is 13.0. The number of nitrogens with zero attached hydrogens (tertiary/aromatic N) is 2. The van der Waals surface area contributed by atoms with Crippen molar-refractivity contribution in [3.63, 3.8) is 0 Å². The summed E-state index contributed by atoms with van der Waals surface area (Å²) < 4.78 is 0. The Morgan fingerprint density at radius 3 is 2.52 bits per heavy atom. The van der Waals surface area contributed by atoms with Crippen molar-refractivity contribution in [3.05, 3.63) is 52.8 Å². The number of carbonyl (C=O) groups excluding carboxylic acids is 1. The van der Waals surface area contributed by atoms with E-state index < -0.39 is 5.97 Å². The summed E-state index contributed by atoms with van der Waals surface area (Å²) in [6.45, 7) is 3.30. The first kappa shape index (κ1) is 15.3. The van der Waals surface area contributed by atoms with Crippen LogP contribution in [0, 0.1) is 6.92 Å². The molecule has 1 aromatic carbocycles. The van der Waals surface area contributed by atoms with Crippen molar-refractivity contribution in [2.24, 2.45) is 0 Å². The number of carboxylic acid groups (broad SMARTS) is 1. The Bertz CT molecular complexity index is 730. The number of hydrogen-bond acceptors (Lipinski definition) is 3. The van der Waals surface area contributed by atoms with Crippen molar-refractivity contribution in [2.75, 3.05) is 13.1 Å². The molecule has 2 N–H and O–H groups in total. The maximum Gasteiger partial charge on any atom is 0.335 e. The zero-order valence-corrected chi connectivity index (χ0v) is 13.0. The third-order valence-electron chi connectivity index (χ3n) is 4.28. The van der Waals surface area contributed by atoms with Crippen molar-refractivity contribution < 1.29 is 14.7 Å². The number of aromatic amines is 1. The van der Waals surface area contributed by atoms with Crippen LogP contribution in [-0.2, 0) is 0 Å². The first-order chi connectivity index (χ1) is 11.0. The highest BCUT2D eigenvalue weighted by Crippen LogP contribution is 2.27. The molecule has 1 aliphatic rings. The number of likely N-dealkylation sites (tertiary alicyclic amines) is 1. The Labute approximate surface area is 134 Å². The molecule has 23 heavy (non-hydrogen) atoms. The molecule has 3 rings (SSSR count). The van der Waals surface area contributed by atoms with Crippen LogP contribution in [0.1, 0.15) is 50.9 Å². The van der Waals surface area contributed by atoms with Crippen LogP contribution in [-0.4, -0.2) is 45.2 Å². The maximum atomic E-state index is 12.5. The van der Waals surface area contributed by atoms with E-state index in [4.69, 9.17) is 5.11 Å². The SMILES string of the molecule is Cc1cc(C2CCN(C(=O)c3cccc(C(=O)O)c3)CC2)n[nH]1. The number of carbonyl (C=O) groups is 2. The number of amides is 1. The molecule has 6 heteroatoms. The Hall–Kier alpha value is -2.63. The molecule has 120 valence electrons. The second-order valence-corrected chi connectivity index (χ2v) is 5.93. The van der Waals surface area contributed by atoms with Gasteiger partial charge in [0.1, 0.15) is 0 Å². The maximum absolute atomic E-state index is 12.5. The highest BCUT2D eigenvalue weighted by Gasteiger charge is 2.26. The van der Waals surface area contributed by atoms with Gasteiger partial charge in [-0.15, -0.1) is 0 Å². The molecule has 0 spiro atoms. The van der Waals surface area contributed by atoms with Gasteiger partial charge in [-0.2, -0.15) is 5.10 Å². The van der Waals surface area contributed by atoms with Gasteiger partial charge in [-0.05, 0) is 44.0 Å². The number of aromatic nitrogens is 2. The highest BCUT2D eigenvalue weighted by molar-refractivity contribution is 5.97. The van der Waals surface area contributed by atoms with E-state index in [-0.39, 0.29) is 11.5 Å². The molecule has 0 radical (unpaired) electrons. The van der Waals surface area contributed by atoms with E-state index in [2.05, 4.69) is 16.3 Å². The molecule has 0 bridgehead atoms. The largest absolute Gasteiger partial charge is 0.478 e. The van der Waals surface area contributed by atoms with Crippen molar-refractivity contribution in [3.8, 4) is 0 Å². The third-order valence-corrected chi connectivity index (χ3v) is 4.28. The summed E-state index contributed by atoms with van der Waals surface area (Å²) in [7, 11) is 0. The fraction of sp³-hybridized carbons (Fsp3) is 0.353. The van der Waals surface area contributed by atoms with Gasteiger partial charge in [0.15, 0.2) is 0 Å². The number of H-pyrrole nitrogens is 1. The van der Waals surface area contributed by atoms with Crippen molar-refractivity contribution >= 4 is 11.9 Å². The van der Waals surface area contributed by atoms with Crippen molar-refractivity contribution in [1.29, 1.82) is 0 Å². The topological polar surface area (TPSA) is 86.3 Å². The fourth-order valence-electron chi connectivity index (χ4n) is 2.99. The Kier molecular flexibility index (Phi) is 4.14. The smallest absolute Gasteiger partial charge is 0.335 e. The number of piperidine rings is 1. The number of benzene rings is 1. The van der Waals surface area contributed by atoms with Gasteiger partial charge in [0.05, 0.1) is 11.3 Å². The van der Waals surface area contributed by atoms with Gasteiger partial charge in [0, 0.05) is 30.3 Å². The molecule has 1 aliphatic heterocycles. The average molecular weight is 313 g/mol. The molecule has 0 aliphatic carbocycles. The van der Waals surface area contributed by atoms with E-state index in [9.17, 15) is 9.59 Å². The van der Waals surface area contributed by atoms with E-state index in [1.807, 2.05) is 6.92 Å². The molecular formula is C17H19N3O3. The van der Waals surface area contributed by atoms with Gasteiger partial charge in [0.25, 0.3) is 5.91 Å². The van der Waals surface area contributed by atoms with E-state index in [1.165, 1.54) is 12.1 Å². The van der Waals surface area contributed by atoms with Gasteiger partial charge in [0.2, 0.25) is 0 Å². The predicted octanol–water partition coefficient (Wildman–Crippen LogP) is 2.44. The number of hydrogen-bond donors (Lipinski definition) is 2. The number of carboxylic acids is 1. The third kappa shape index (κ3) is 3.26. The molecule has 0 atom stereocenters. The van der Waals surface area contributed by atoms with Crippen LogP contribution in [0.15, 0.2) is 30.3 Å². The molecule has 1 aromatic heterocycles. The second kappa shape index (κ2) is 6.24. The van der Waals surface area contributed by atoms with Crippen LogP contribution in [0.25, 0.3) is 0 Å². The van der Waals surface area contributed by atoms with Crippen LogP contribution in [0.2, 0.25) is 0 Å². The lowest BCUT2D eigenvalue weighted by Gasteiger charge is -2.31. The van der Waals surface area contributed by atoms with Crippen LogP contribution < -0.4 is 0 Å². The normalized spacial score (nSPS) is 15.6. The second-order valence-electron chi connectivity index (χ2n) is 5.93. The first-order valence-electron chi connectivity index (χ1n) is 7.69. The molecule has 2 aromatic rings. The summed E-state index contributed by atoms with van der Waals surface area (Å²) in [6, 6.07) is 8.26. The molecule has 2 heterocycles. The molecule has 0 unspecified atom stereocenters. The lowest BCUT2D eigenvalue weighted by Crippen LogP contribution is -2.38. The quantitative estimate of drug-likeness (QED) is 0.911. The van der Waals surface area contributed by atoms with Crippen LogP contribution in [0.3, 0.4) is 0 Å². The van der Waals surface area contributed by atoms with Gasteiger partial charge >= 0.3 is 5.97 Å². The monoisotopic (exact) mass is 313 g/mol. The summed E-state index contributed by atoms with van der Waals surface area (Å²) in [4.78, 5) is 25.3. The molecular weight excluding hydrogens is 294 g/mol. The number of nitrogens with one attached hydrogen (secondary N) is 1. The highest BCUT2D eigenvalue weighted by atomic mass is 16.4. The molecule has 1 fully saturated rings. The van der Waals surface area contributed by atoms with Gasteiger partial charge in [-0.1, -0.05) is 6.07 Å². The first-order valence-corrected chi connectivity index (χ1v) is 7.69. The minimum absolute atomic E-state index is 0.107. The molecule has 0 saturated carbocycles. The Morgan fingerprint density at radius 2 is 1.91 bits per heavy atom. The lowest BCUT2D eigenvalue weighted by atomic mass is 9.93. The molecule has 6 nitrogen and oxygen atoms in total. The summed E-state index contributed by atoms with van der Waals surface area (Å²) in [5.74, 6) is -0.758. The van der Waals surface area contributed by atoms with E-state index >= 15 is 0 Å². The van der Waals surface area contributed by atoms with Crippen molar-refractivity contribution in [2.45, 2.75) is 25.7 Å². The van der Waals surface area contributed by atoms with Gasteiger partial charge in [-0.25, -0.2) is 4.79 Å². The standard InChI is InChI=1S/C17H19N3O3/c1-11-9-15(19-18-11)12-5-7-20(8-6-12)16(21)13-3-2-4-14(10-13)17(22)23/h2-4,9-10,12H,5-8H2,1H3,(H,18,19)(H,22,23). The average Bonchev–Trinajstić information content (AvgIpc) is 3.01. The summed E-state index contributed by atoms with van der Waals surface area (Å²) in [5.41, 5.74) is 2.67. The number of aromatic carboxylic acids is 1. The minimum Gasteiger partial charge on any atom is -0.478 e. The molecule has 1 saturated heterocycles. The van der Waals surface area contributed by atoms with Gasteiger partial charge < -0.3 is 10.0 Å². The van der Waals surface area contributed by atoms with E-state index in [0.29, 0.717) is 24.6 Å². The van der Waals surface area contributed by atoms with Gasteiger partial charge in [-0.3, -0.25) is 9.89 Å². The summed E-state index contributed by atoms with van der Waals surface area (Å²) in [5, 5.41) is 16.3. The minimum atomic E-state index is -1.02. The predicted molar refractivity (Wildman–Crippen MR) is 84.6 cm³/mol. The zero-order chi connectivity index (χ0) is 16.4. The van der Waals surface area contributed by atoms with Crippen LogP contribution >= 0.6 is 0 Å². The lowest BCUT2D eigenvalue weighted by molar-refractivity contribution is 0.0697. The number of aryl methyl sites for hydroxylation is 1. The van der Waals surface area contributed by atoms with Crippen LogP contribution in [0.5, 0.6) is 0 Å². The Morgan fingerprint density at radius 1 is 1.22 bits per heavy atom. The Balaban J connectivity index is 1.66. The van der Waals surface area contributed by atoms with Crippen LogP contribution in [0.4, 0.5) is 0 Å². The van der Waals surface area contributed by atoms with Crippen molar-refractivity contribution in [1.82, 2.24) is 15.1 Å². The van der Waals surface area contributed by atoms with E-state index in [1.54, 1.807) is 17.0 Å².